The van der Waals surface area contributed by atoms with Crippen molar-refractivity contribution in [3.8, 4) is 0 Å². The van der Waals surface area contributed by atoms with E-state index in [0.29, 0.717) is 12.2 Å². The molecule has 0 saturated heterocycles. The van der Waals surface area contributed by atoms with Crippen LogP contribution in [0.1, 0.15) is 25.2 Å². The predicted octanol–water partition coefficient (Wildman–Crippen LogP) is 3.22. The van der Waals surface area contributed by atoms with Crippen LogP contribution in [0.3, 0.4) is 0 Å². The number of halogens is 1. The van der Waals surface area contributed by atoms with Crippen LogP contribution in [0.4, 0.5) is 10.1 Å². The van der Waals surface area contributed by atoms with Gasteiger partial charge in [-0.1, -0.05) is 19.1 Å². The minimum Gasteiger partial charge on any atom is -0.377 e. The van der Waals surface area contributed by atoms with Gasteiger partial charge in [-0.2, -0.15) is 5.10 Å². The average molecular weight is 247 g/mol. The quantitative estimate of drug-likeness (QED) is 0.879. The second-order valence-electron chi connectivity index (χ2n) is 4.13. The number of benzene rings is 1. The lowest BCUT2D eigenvalue weighted by Gasteiger charge is -2.08. The minimum absolute atomic E-state index is 0.226. The molecule has 0 aliphatic heterocycles. The molecular weight excluding hydrogens is 229 g/mol. The number of nitrogens with zero attached hydrogens (tertiary/aromatic N) is 2. The summed E-state index contributed by atoms with van der Waals surface area (Å²) in [5.74, 6) is -0.226. The zero-order chi connectivity index (χ0) is 13.0. The Morgan fingerprint density at radius 3 is 2.72 bits per heavy atom. The Labute approximate surface area is 107 Å². The third-order valence-corrected chi connectivity index (χ3v) is 2.91. The Hall–Kier alpha value is -1.84. The van der Waals surface area contributed by atoms with Gasteiger partial charge in [-0.05, 0) is 31.5 Å². The van der Waals surface area contributed by atoms with Crippen LogP contribution in [-0.2, 0) is 19.5 Å². The van der Waals surface area contributed by atoms with Crippen LogP contribution in [0.25, 0.3) is 0 Å². The normalized spacial score (nSPS) is 10.6. The van der Waals surface area contributed by atoms with Gasteiger partial charge in [0.15, 0.2) is 0 Å². The molecule has 1 aromatic heterocycles. The van der Waals surface area contributed by atoms with E-state index in [1.807, 2.05) is 10.7 Å². The second-order valence-corrected chi connectivity index (χ2v) is 4.13. The predicted molar refractivity (Wildman–Crippen MR) is 71.0 cm³/mol. The van der Waals surface area contributed by atoms with Crippen LogP contribution < -0.4 is 5.32 Å². The van der Waals surface area contributed by atoms with E-state index in [2.05, 4.69) is 30.3 Å². The summed E-state index contributed by atoms with van der Waals surface area (Å²) in [6.07, 6.45) is 0.916. The molecule has 0 bridgehead atoms. The molecule has 1 heterocycles. The van der Waals surface area contributed by atoms with Gasteiger partial charge in [-0.3, -0.25) is 4.68 Å². The summed E-state index contributed by atoms with van der Waals surface area (Å²) in [6.45, 7) is 5.55. The maximum absolute atomic E-state index is 13.5. The van der Waals surface area contributed by atoms with E-state index < -0.39 is 0 Å². The van der Waals surface area contributed by atoms with Crippen LogP contribution in [0.2, 0.25) is 0 Å². The van der Waals surface area contributed by atoms with Gasteiger partial charge in [0.1, 0.15) is 5.82 Å². The molecule has 0 aliphatic rings. The van der Waals surface area contributed by atoms with E-state index in [9.17, 15) is 4.39 Å². The lowest BCUT2D eigenvalue weighted by atomic mass is 10.2. The van der Waals surface area contributed by atoms with Crippen molar-refractivity contribution < 1.29 is 4.39 Å². The fourth-order valence-corrected chi connectivity index (χ4v) is 1.89. The van der Waals surface area contributed by atoms with Crippen molar-refractivity contribution in [2.45, 2.75) is 33.4 Å². The Morgan fingerprint density at radius 2 is 2.06 bits per heavy atom. The summed E-state index contributed by atoms with van der Waals surface area (Å²) in [7, 11) is 0. The summed E-state index contributed by atoms with van der Waals surface area (Å²) >= 11 is 0. The first-order chi connectivity index (χ1) is 8.74. The largest absolute Gasteiger partial charge is 0.377 e. The monoisotopic (exact) mass is 247 g/mol. The first kappa shape index (κ1) is 12.6. The molecule has 4 heteroatoms. The molecule has 3 nitrogen and oxygen atoms in total. The molecule has 2 rings (SSSR count). The van der Waals surface area contributed by atoms with Crippen LogP contribution in [0.5, 0.6) is 0 Å². The van der Waals surface area contributed by atoms with Crippen LogP contribution in [0.15, 0.2) is 30.3 Å². The highest BCUT2D eigenvalue weighted by Crippen LogP contribution is 2.14. The highest BCUT2D eigenvalue weighted by molar-refractivity contribution is 5.44. The van der Waals surface area contributed by atoms with E-state index in [0.717, 1.165) is 24.4 Å². The summed E-state index contributed by atoms with van der Waals surface area (Å²) in [4.78, 5) is 0. The zero-order valence-corrected chi connectivity index (χ0v) is 10.8. The number of nitrogens with one attached hydrogen (secondary N) is 1. The molecule has 0 unspecified atom stereocenters. The Morgan fingerprint density at radius 1 is 1.28 bits per heavy atom. The van der Waals surface area contributed by atoms with Gasteiger partial charge in [-0.15, -0.1) is 0 Å². The summed E-state index contributed by atoms with van der Waals surface area (Å²) in [6, 6.07) is 8.77. The number of aryl methyl sites for hydroxylation is 2. The summed E-state index contributed by atoms with van der Waals surface area (Å²) in [5.41, 5.74) is 2.68. The molecule has 1 aromatic carbocycles. The number of para-hydroxylation sites is 1. The minimum atomic E-state index is -0.226. The van der Waals surface area contributed by atoms with Crippen molar-refractivity contribution in [3.05, 3.63) is 47.5 Å². The molecular formula is C14H18FN3. The van der Waals surface area contributed by atoms with E-state index in [1.54, 1.807) is 12.1 Å². The highest BCUT2D eigenvalue weighted by Gasteiger charge is 2.06. The van der Waals surface area contributed by atoms with Crippen molar-refractivity contribution in [2.24, 2.45) is 0 Å². The molecule has 96 valence electrons. The molecule has 1 N–H and O–H groups in total. The maximum Gasteiger partial charge on any atom is 0.146 e. The number of anilines is 1. The van der Waals surface area contributed by atoms with Gasteiger partial charge in [0, 0.05) is 6.54 Å². The van der Waals surface area contributed by atoms with Gasteiger partial charge in [0.25, 0.3) is 0 Å². The number of hydrogen-bond acceptors (Lipinski definition) is 2. The van der Waals surface area contributed by atoms with Crippen molar-refractivity contribution in [2.75, 3.05) is 5.32 Å². The van der Waals surface area contributed by atoms with Crippen LogP contribution in [-0.4, -0.2) is 9.78 Å². The third kappa shape index (κ3) is 2.70. The molecule has 2 aromatic rings. The maximum atomic E-state index is 13.5. The lowest BCUT2D eigenvalue weighted by Crippen LogP contribution is -2.08. The molecule has 18 heavy (non-hydrogen) atoms. The molecule has 0 atom stereocenters. The summed E-state index contributed by atoms with van der Waals surface area (Å²) in [5, 5.41) is 7.57. The lowest BCUT2D eigenvalue weighted by molar-refractivity contribution is 0.614. The van der Waals surface area contributed by atoms with E-state index >= 15 is 0 Å². The molecule has 0 radical (unpaired) electrons. The van der Waals surface area contributed by atoms with Crippen molar-refractivity contribution in [3.63, 3.8) is 0 Å². The number of hydrogen-bond donors (Lipinski definition) is 1. The van der Waals surface area contributed by atoms with Crippen molar-refractivity contribution in [1.29, 1.82) is 0 Å². The third-order valence-electron chi connectivity index (χ3n) is 2.91. The van der Waals surface area contributed by atoms with Gasteiger partial charge in [-0.25, -0.2) is 4.39 Å². The van der Waals surface area contributed by atoms with Crippen molar-refractivity contribution >= 4 is 5.69 Å². The van der Waals surface area contributed by atoms with E-state index in [4.69, 9.17) is 0 Å². The number of rotatable bonds is 5. The van der Waals surface area contributed by atoms with Gasteiger partial charge in [0.2, 0.25) is 0 Å². The van der Waals surface area contributed by atoms with Crippen molar-refractivity contribution in [1.82, 2.24) is 9.78 Å². The zero-order valence-electron chi connectivity index (χ0n) is 10.8. The molecule has 0 saturated carbocycles. The second kappa shape index (κ2) is 5.67. The van der Waals surface area contributed by atoms with Crippen LogP contribution in [0, 0.1) is 5.82 Å². The Balaban J connectivity index is 2.10. The standard InChI is InChI=1S/C14H18FN3/c1-3-11-9-12(18(4-2)17-11)10-16-14-8-6-5-7-13(14)15/h5-9,16H,3-4,10H2,1-2H3. The molecule has 0 aliphatic carbocycles. The smallest absolute Gasteiger partial charge is 0.146 e. The van der Waals surface area contributed by atoms with Gasteiger partial charge in [0.05, 0.1) is 23.6 Å². The van der Waals surface area contributed by atoms with E-state index in [1.165, 1.54) is 6.07 Å². The fraction of sp³-hybridized carbons (Fsp3) is 0.357. The SMILES string of the molecule is CCc1cc(CNc2ccccc2F)n(CC)n1. The topological polar surface area (TPSA) is 29.9 Å². The Kier molecular flexibility index (Phi) is 3.97. The number of aromatic nitrogens is 2. The van der Waals surface area contributed by atoms with Crippen LogP contribution >= 0.6 is 0 Å². The average Bonchev–Trinajstić information content (AvgIpc) is 2.80. The highest BCUT2D eigenvalue weighted by atomic mass is 19.1. The molecule has 0 fully saturated rings. The first-order valence-corrected chi connectivity index (χ1v) is 6.28. The Bertz CT molecular complexity index is 520. The first-order valence-electron chi connectivity index (χ1n) is 6.28. The van der Waals surface area contributed by atoms with Gasteiger partial charge >= 0.3 is 0 Å². The van der Waals surface area contributed by atoms with E-state index in [-0.39, 0.29) is 5.82 Å². The fourth-order valence-electron chi connectivity index (χ4n) is 1.89. The summed E-state index contributed by atoms with van der Waals surface area (Å²) < 4.78 is 15.4. The van der Waals surface area contributed by atoms with Gasteiger partial charge < -0.3 is 5.32 Å². The molecule has 0 spiro atoms. The molecule has 0 amide bonds.